The van der Waals surface area contributed by atoms with Crippen LogP contribution in [0.5, 0.6) is 0 Å². The number of para-hydroxylation sites is 1. The summed E-state index contributed by atoms with van der Waals surface area (Å²) in [7, 11) is 0. The van der Waals surface area contributed by atoms with Crippen molar-refractivity contribution < 1.29 is 0 Å². The van der Waals surface area contributed by atoms with E-state index in [-0.39, 0.29) is 0 Å². The van der Waals surface area contributed by atoms with Crippen molar-refractivity contribution in [3.8, 4) is 5.69 Å². The SMILES string of the molecule is NCCc1cnn(-c2ccccc2Sc2cnnc(N3CCC3)c2)c1. The van der Waals surface area contributed by atoms with Gasteiger partial charge in [0.1, 0.15) is 0 Å². The Morgan fingerprint density at radius 2 is 2.04 bits per heavy atom. The smallest absolute Gasteiger partial charge is 0.152 e. The molecule has 3 aromatic rings. The van der Waals surface area contributed by atoms with Crippen molar-refractivity contribution in [2.75, 3.05) is 24.5 Å². The van der Waals surface area contributed by atoms with Crippen LogP contribution in [-0.4, -0.2) is 39.6 Å². The predicted molar refractivity (Wildman–Crippen MR) is 99.3 cm³/mol. The van der Waals surface area contributed by atoms with Gasteiger partial charge < -0.3 is 10.6 Å². The number of nitrogens with two attached hydrogens (primary N) is 1. The minimum atomic E-state index is 0.629. The lowest BCUT2D eigenvalue weighted by atomic mass is 10.2. The standard InChI is InChI=1S/C18H20N6S/c19-7-6-14-11-21-24(13-14)16-4-1-2-5-17(16)25-15-10-18(22-20-12-15)23-8-3-9-23/h1-2,4-5,10-13H,3,6-9,19H2. The summed E-state index contributed by atoms with van der Waals surface area (Å²) in [5, 5.41) is 12.9. The van der Waals surface area contributed by atoms with Gasteiger partial charge >= 0.3 is 0 Å². The van der Waals surface area contributed by atoms with E-state index < -0.39 is 0 Å². The molecule has 0 unspecified atom stereocenters. The molecular formula is C18H20N6S. The second kappa shape index (κ2) is 7.25. The number of hydrogen-bond acceptors (Lipinski definition) is 6. The van der Waals surface area contributed by atoms with E-state index in [1.165, 1.54) is 6.42 Å². The highest BCUT2D eigenvalue weighted by atomic mass is 32.2. The van der Waals surface area contributed by atoms with E-state index in [1.54, 1.807) is 11.8 Å². The maximum atomic E-state index is 5.64. The molecule has 128 valence electrons. The van der Waals surface area contributed by atoms with Gasteiger partial charge in [0, 0.05) is 29.1 Å². The van der Waals surface area contributed by atoms with Crippen molar-refractivity contribution in [2.45, 2.75) is 22.6 Å². The third kappa shape index (κ3) is 3.52. The Hall–Kier alpha value is -2.38. The van der Waals surface area contributed by atoms with Gasteiger partial charge in [0.2, 0.25) is 0 Å². The Morgan fingerprint density at radius 3 is 2.84 bits per heavy atom. The zero-order valence-electron chi connectivity index (χ0n) is 13.9. The van der Waals surface area contributed by atoms with Crippen molar-refractivity contribution in [3.05, 3.63) is 54.5 Å². The summed E-state index contributed by atoms with van der Waals surface area (Å²) in [6, 6.07) is 10.4. The number of aromatic nitrogens is 4. The highest BCUT2D eigenvalue weighted by Gasteiger charge is 2.17. The Balaban J connectivity index is 1.60. The molecule has 0 atom stereocenters. The van der Waals surface area contributed by atoms with Crippen molar-refractivity contribution in [3.63, 3.8) is 0 Å². The van der Waals surface area contributed by atoms with Crippen LogP contribution in [0.4, 0.5) is 5.82 Å². The van der Waals surface area contributed by atoms with E-state index in [0.29, 0.717) is 6.54 Å². The second-order valence-corrected chi connectivity index (χ2v) is 7.11. The van der Waals surface area contributed by atoms with Crippen LogP contribution in [0.25, 0.3) is 5.69 Å². The lowest BCUT2D eigenvalue weighted by Gasteiger charge is -2.31. The van der Waals surface area contributed by atoms with Gasteiger partial charge in [-0.15, -0.1) is 5.10 Å². The highest BCUT2D eigenvalue weighted by Crippen LogP contribution is 2.33. The van der Waals surface area contributed by atoms with Gasteiger partial charge in [-0.3, -0.25) is 0 Å². The number of hydrogen-bond donors (Lipinski definition) is 1. The fraction of sp³-hybridized carbons (Fsp3) is 0.278. The second-order valence-electron chi connectivity index (χ2n) is 5.99. The zero-order chi connectivity index (χ0) is 17.1. The molecule has 0 amide bonds. The summed E-state index contributed by atoms with van der Waals surface area (Å²) in [5.41, 5.74) is 7.84. The summed E-state index contributed by atoms with van der Waals surface area (Å²) < 4.78 is 1.91. The number of rotatable bonds is 6. The van der Waals surface area contributed by atoms with E-state index in [2.05, 4.69) is 38.4 Å². The molecule has 0 saturated carbocycles. The number of anilines is 1. The topological polar surface area (TPSA) is 72.9 Å². The van der Waals surface area contributed by atoms with Crippen LogP contribution in [0.1, 0.15) is 12.0 Å². The summed E-state index contributed by atoms with van der Waals surface area (Å²) in [5.74, 6) is 0.957. The molecule has 1 fully saturated rings. The van der Waals surface area contributed by atoms with Crippen molar-refractivity contribution in [1.82, 2.24) is 20.0 Å². The Morgan fingerprint density at radius 1 is 1.16 bits per heavy atom. The quantitative estimate of drug-likeness (QED) is 0.735. The monoisotopic (exact) mass is 352 g/mol. The Bertz CT molecular complexity index is 858. The fourth-order valence-corrected chi connectivity index (χ4v) is 3.67. The first kappa shape index (κ1) is 16.1. The van der Waals surface area contributed by atoms with E-state index in [9.17, 15) is 0 Å². The highest BCUT2D eigenvalue weighted by molar-refractivity contribution is 7.99. The van der Waals surface area contributed by atoms with E-state index in [4.69, 9.17) is 5.73 Å². The first-order chi connectivity index (χ1) is 12.3. The van der Waals surface area contributed by atoms with E-state index in [0.717, 1.165) is 46.4 Å². The molecule has 2 N–H and O–H groups in total. The van der Waals surface area contributed by atoms with Crippen LogP contribution < -0.4 is 10.6 Å². The van der Waals surface area contributed by atoms with Gasteiger partial charge in [0.15, 0.2) is 5.82 Å². The molecule has 25 heavy (non-hydrogen) atoms. The first-order valence-electron chi connectivity index (χ1n) is 8.42. The van der Waals surface area contributed by atoms with Crippen molar-refractivity contribution >= 4 is 17.6 Å². The summed E-state index contributed by atoms with van der Waals surface area (Å²) in [4.78, 5) is 4.46. The maximum Gasteiger partial charge on any atom is 0.152 e. The van der Waals surface area contributed by atoms with Crippen LogP contribution in [0.2, 0.25) is 0 Å². The van der Waals surface area contributed by atoms with Crippen LogP contribution >= 0.6 is 11.8 Å². The Kier molecular flexibility index (Phi) is 4.67. The minimum Gasteiger partial charge on any atom is -0.355 e. The van der Waals surface area contributed by atoms with Crippen LogP contribution in [0.3, 0.4) is 0 Å². The average Bonchev–Trinajstić information content (AvgIpc) is 3.03. The van der Waals surface area contributed by atoms with Gasteiger partial charge in [0.05, 0.1) is 18.1 Å². The van der Waals surface area contributed by atoms with Crippen LogP contribution in [-0.2, 0) is 6.42 Å². The van der Waals surface area contributed by atoms with Crippen LogP contribution in [0.15, 0.2) is 58.7 Å². The molecule has 3 heterocycles. The van der Waals surface area contributed by atoms with E-state index >= 15 is 0 Å². The average molecular weight is 352 g/mol. The molecule has 1 aromatic carbocycles. The normalized spacial score (nSPS) is 13.7. The number of nitrogens with zero attached hydrogens (tertiary/aromatic N) is 5. The molecule has 0 aliphatic carbocycles. The Labute approximate surface area is 151 Å². The maximum absolute atomic E-state index is 5.64. The summed E-state index contributed by atoms with van der Waals surface area (Å²) in [6.45, 7) is 2.76. The minimum absolute atomic E-state index is 0.629. The molecule has 1 aliphatic heterocycles. The van der Waals surface area contributed by atoms with E-state index in [1.807, 2.05) is 35.4 Å². The van der Waals surface area contributed by atoms with Crippen LogP contribution in [0, 0.1) is 0 Å². The molecule has 6 nitrogen and oxygen atoms in total. The molecule has 2 aromatic heterocycles. The van der Waals surface area contributed by atoms with Crippen molar-refractivity contribution in [2.24, 2.45) is 5.73 Å². The van der Waals surface area contributed by atoms with Gasteiger partial charge in [-0.25, -0.2) is 4.68 Å². The third-order valence-corrected chi connectivity index (χ3v) is 5.23. The molecule has 4 rings (SSSR count). The first-order valence-corrected chi connectivity index (χ1v) is 9.24. The lowest BCUT2D eigenvalue weighted by molar-refractivity contribution is 0.604. The van der Waals surface area contributed by atoms with Crippen molar-refractivity contribution in [1.29, 1.82) is 0 Å². The summed E-state index contributed by atoms with van der Waals surface area (Å²) >= 11 is 1.68. The molecular weight excluding hydrogens is 332 g/mol. The van der Waals surface area contributed by atoms with Gasteiger partial charge in [0.25, 0.3) is 0 Å². The third-order valence-electron chi connectivity index (χ3n) is 4.21. The molecule has 7 heteroatoms. The molecule has 0 radical (unpaired) electrons. The predicted octanol–water partition coefficient (Wildman–Crippen LogP) is 2.52. The van der Waals surface area contributed by atoms with Gasteiger partial charge in [-0.1, -0.05) is 23.9 Å². The number of benzene rings is 1. The van der Waals surface area contributed by atoms with Gasteiger partial charge in [-0.2, -0.15) is 10.2 Å². The zero-order valence-corrected chi connectivity index (χ0v) is 14.7. The molecule has 1 saturated heterocycles. The molecule has 0 bridgehead atoms. The largest absolute Gasteiger partial charge is 0.355 e. The summed E-state index contributed by atoms with van der Waals surface area (Å²) in [6.07, 6.45) is 7.80. The fourth-order valence-electron chi connectivity index (χ4n) is 2.74. The molecule has 1 aliphatic rings. The lowest BCUT2D eigenvalue weighted by Crippen LogP contribution is -2.37. The molecule has 0 spiro atoms. The van der Waals surface area contributed by atoms with Gasteiger partial charge in [-0.05, 0) is 43.1 Å².